The number of nitrogens with one attached hydrogen (secondary N) is 1. The first kappa shape index (κ1) is 20.2. The summed E-state index contributed by atoms with van der Waals surface area (Å²) in [5, 5.41) is 21.6. The molecule has 0 aliphatic heterocycles. The van der Waals surface area contributed by atoms with E-state index in [-0.39, 0.29) is 24.2 Å². The highest BCUT2D eigenvalue weighted by molar-refractivity contribution is 7.59. The van der Waals surface area contributed by atoms with E-state index in [0.29, 0.717) is 5.75 Å². The zero-order valence-corrected chi connectivity index (χ0v) is 14.8. The number of hydrogen-bond donors (Lipinski definition) is 3. The maximum atomic E-state index is 12.6. The predicted octanol–water partition coefficient (Wildman–Crippen LogP) is 2.20. The maximum Gasteiger partial charge on any atom is 0.318 e. The Labute approximate surface area is 140 Å². The highest BCUT2D eigenvalue weighted by Gasteiger charge is 2.39. The average Bonchev–Trinajstić information content (AvgIpc) is 2.54. The summed E-state index contributed by atoms with van der Waals surface area (Å²) >= 11 is 0. The molecule has 0 heterocycles. The number of rotatable bonds is 9. The van der Waals surface area contributed by atoms with Crippen LogP contribution in [0.15, 0.2) is 30.3 Å². The van der Waals surface area contributed by atoms with Gasteiger partial charge in [0.25, 0.3) is 13.3 Å². The first-order valence-electron chi connectivity index (χ1n) is 7.40. The third-order valence-electron chi connectivity index (χ3n) is 3.41. The summed E-state index contributed by atoms with van der Waals surface area (Å²) in [6.07, 6.45) is 0.186. The Kier molecular flexibility index (Phi) is 6.95. The fourth-order valence-corrected chi connectivity index (χ4v) is 3.06. The summed E-state index contributed by atoms with van der Waals surface area (Å²) in [6, 6.07) is 8.68. The van der Waals surface area contributed by atoms with Gasteiger partial charge in [0.05, 0.1) is 13.0 Å². The number of aliphatic carboxylic acids is 1. The van der Waals surface area contributed by atoms with E-state index in [0.717, 1.165) is 0 Å². The van der Waals surface area contributed by atoms with Gasteiger partial charge in [0.15, 0.2) is 0 Å². The third-order valence-corrected chi connectivity index (χ3v) is 5.63. The lowest BCUT2D eigenvalue weighted by atomic mass is 9.93. The standard InChI is InChI=1S/C15H23N2O6P/c1-4-24(22,23-12-8-6-5-7-9-12)11-16-10-17(21)13(18)15(2,3)14(19)20/h5-9,16,21H,4,10-11H2,1-3H3,(H,19,20). The summed E-state index contributed by atoms with van der Waals surface area (Å²) in [4.78, 5) is 22.9. The van der Waals surface area contributed by atoms with Crippen molar-refractivity contribution in [2.24, 2.45) is 5.41 Å². The van der Waals surface area contributed by atoms with Gasteiger partial charge in [0.2, 0.25) is 0 Å². The number of carbonyl (C=O) groups is 2. The number of benzene rings is 1. The molecule has 0 aliphatic carbocycles. The van der Waals surface area contributed by atoms with Gasteiger partial charge in [-0.15, -0.1) is 0 Å². The first-order valence-corrected chi connectivity index (χ1v) is 9.39. The van der Waals surface area contributed by atoms with E-state index in [9.17, 15) is 19.4 Å². The quantitative estimate of drug-likeness (QED) is 0.204. The second-order valence-electron chi connectivity index (χ2n) is 5.74. The average molecular weight is 358 g/mol. The van der Waals surface area contributed by atoms with Gasteiger partial charge >= 0.3 is 5.97 Å². The fourth-order valence-electron chi connectivity index (χ4n) is 1.69. The molecule has 8 nitrogen and oxygen atoms in total. The van der Waals surface area contributed by atoms with E-state index < -0.39 is 24.7 Å². The Morgan fingerprint density at radius 1 is 1.29 bits per heavy atom. The molecule has 134 valence electrons. The Hall–Kier alpha value is -1.89. The van der Waals surface area contributed by atoms with E-state index in [1.54, 1.807) is 37.3 Å². The van der Waals surface area contributed by atoms with Crippen molar-refractivity contribution in [3.63, 3.8) is 0 Å². The molecule has 0 aromatic heterocycles. The third kappa shape index (κ3) is 5.33. The Bertz CT molecular complexity index is 620. The zero-order chi connectivity index (χ0) is 18.4. The largest absolute Gasteiger partial charge is 0.480 e. The molecule has 1 atom stereocenters. The summed E-state index contributed by atoms with van der Waals surface area (Å²) in [6.45, 7) is 3.73. The summed E-state index contributed by atoms with van der Waals surface area (Å²) in [5.41, 5.74) is -1.76. The zero-order valence-electron chi connectivity index (χ0n) is 13.9. The van der Waals surface area contributed by atoms with E-state index in [1.165, 1.54) is 13.8 Å². The number of carbonyl (C=O) groups excluding carboxylic acids is 1. The van der Waals surface area contributed by atoms with Gasteiger partial charge in [0, 0.05) is 6.16 Å². The van der Waals surface area contributed by atoms with Gasteiger partial charge in [-0.3, -0.25) is 24.7 Å². The number of carboxylic acids is 1. The van der Waals surface area contributed by atoms with Gasteiger partial charge in [-0.05, 0) is 26.0 Å². The van der Waals surface area contributed by atoms with Crippen molar-refractivity contribution in [1.29, 1.82) is 0 Å². The van der Waals surface area contributed by atoms with Gasteiger partial charge in [0.1, 0.15) is 11.2 Å². The van der Waals surface area contributed by atoms with Crippen LogP contribution < -0.4 is 9.84 Å². The molecule has 9 heteroatoms. The highest BCUT2D eigenvalue weighted by Crippen LogP contribution is 2.45. The molecule has 1 aromatic carbocycles. The van der Waals surface area contributed by atoms with Crippen molar-refractivity contribution in [1.82, 2.24) is 10.4 Å². The monoisotopic (exact) mass is 358 g/mol. The van der Waals surface area contributed by atoms with Crippen LogP contribution in [-0.4, -0.2) is 46.4 Å². The molecule has 0 fully saturated rings. The second kappa shape index (κ2) is 8.28. The normalized spacial score (nSPS) is 13.8. The fraction of sp³-hybridized carbons (Fsp3) is 0.467. The molecule has 0 saturated heterocycles. The topological polar surface area (TPSA) is 116 Å². The Balaban J connectivity index is 2.59. The van der Waals surface area contributed by atoms with Crippen LogP contribution in [0.5, 0.6) is 5.75 Å². The van der Waals surface area contributed by atoms with Crippen LogP contribution in [0.2, 0.25) is 0 Å². The van der Waals surface area contributed by atoms with Crippen LogP contribution in [0.1, 0.15) is 20.8 Å². The van der Waals surface area contributed by atoms with E-state index in [4.69, 9.17) is 9.63 Å². The molecular formula is C15H23N2O6P. The van der Waals surface area contributed by atoms with Crippen LogP contribution in [0.4, 0.5) is 0 Å². The van der Waals surface area contributed by atoms with E-state index in [2.05, 4.69) is 5.32 Å². The van der Waals surface area contributed by atoms with Gasteiger partial charge in [-0.25, -0.2) is 5.06 Å². The van der Waals surface area contributed by atoms with Gasteiger partial charge < -0.3 is 9.63 Å². The van der Waals surface area contributed by atoms with Crippen LogP contribution in [0, 0.1) is 5.41 Å². The predicted molar refractivity (Wildman–Crippen MR) is 88.1 cm³/mol. The van der Waals surface area contributed by atoms with Crippen molar-refractivity contribution in [2.75, 3.05) is 19.1 Å². The molecule has 24 heavy (non-hydrogen) atoms. The van der Waals surface area contributed by atoms with E-state index >= 15 is 0 Å². The first-order chi connectivity index (χ1) is 11.1. The lowest BCUT2D eigenvalue weighted by Crippen LogP contribution is -2.47. The number of carboxylic acid groups (broad SMARTS) is 1. The molecule has 0 aliphatic rings. The minimum absolute atomic E-state index is 0.0732. The lowest BCUT2D eigenvalue weighted by Gasteiger charge is -2.25. The molecule has 1 rings (SSSR count). The summed E-state index contributed by atoms with van der Waals surface area (Å²) in [5.74, 6) is -1.86. The van der Waals surface area contributed by atoms with Crippen LogP contribution in [0.25, 0.3) is 0 Å². The molecular weight excluding hydrogens is 335 g/mol. The minimum Gasteiger partial charge on any atom is -0.480 e. The molecule has 0 spiro atoms. The summed E-state index contributed by atoms with van der Waals surface area (Å²) < 4.78 is 18.2. The molecule has 1 unspecified atom stereocenters. The van der Waals surface area contributed by atoms with E-state index in [1.807, 2.05) is 0 Å². The number of nitrogens with zero attached hydrogens (tertiary/aromatic N) is 1. The number of para-hydroxylation sites is 1. The van der Waals surface area contributed by atoms with Crippen molar-refractivity contribution in [2.45, 2.75) is 20.8 Å². The lowest BCUT2D eigenvalue weighted by molar-refractivity contribution is -0.182. The molecule has 0 saturated carbocycles. The van der Waals surface area contributed by atoms with Crippen molar-refractivity contribution >= 4 is 19.2 Å². The molecule has 1 amide bonds. The van der Waals surface area contributed by atoms with Crippen molar-refractivity contribution in [3.8, 4) is 5.75 Å². The number of amides is 1. The molecule has 1 aromatic rings. The Morgan fingerprint density at radius 2 is 1.88 bits per heavy atom. The smallest absolute Gasteiger partial charge is 0.318 e. The maximum absolute atomic E-state index is 12.6. The van der Waals surface area contributed by atoms with Crippen LogP contribution >= 0.6 is 7.37 Å². The molecule has 0 radical (unpaired) electrons. The SMILES string of the molecule is CCP(=O)(CNCN(O)C(=O)C(C)(C)C(=O)O)Oc1ccccc1. The number of hydroxylamine groups is 2. The van der Waals surface area contributed by atoms with Gasteiger partial charge in [-0.1, -0.05) is 25.1 Å². The second-order valence-corrected chi connectivity index (χ2v) is 8.50. The molecule has 0 bridgehead atoms. The minimum atomic E-state index is -3.04. The van der Waals surface area contributed by atoms with Crippen molar-refractivity contribution < 1.29 is 29.0 Å². The van der Waals surface area contributed by atoms with Gasteiger partial charge in [-0.2, -0.15) is 0 Å². The summed E-state index contributed by atoms with van der Waals surface area (Å²) in [7, 11) is -3.04. The Morgan fingerprint density at radius 3 is 2.38 bits per heavy atom. The number of hydrogen-bond acceptors (Lipinski definition) is 6. The molecule has 3 N–H and O–H groups in total. The van der Waals surface area contributed by atoms with Crippen molar-refractivity contribution in [3.05, 3.63) is 30.3 Å². The van der Waals surface area contributed by atoms with Crippen LogP contribution in [0.3, 0.4) is 0 Å². The van der Waals surface area contributed by atoms with Crippen LogP contribution in [-0.2, 0) is 14.2 Å². The highest BCUT2D eigenvalue weighted by atomic mass is 31.2.